The molecule has 0 saturated carbocycles. The van der Waals surface area contributed by atoms with Crippen molar-refractivity contribution in [3.05, 3.63) is 153 Å². The maximum atomic E-state index is 14.2. The Bertz CT molecular complexity index is 1910. The van der Waals surface area contributed by atoms with Crippen molar-refractivity contribution < 1.29 is 23.2 Å². The number of carbonyl (C=O) groups is 3. The molecule has 0 aliphatic carbocycles. The van der Waals surface area contributed by atoms with Gasteiger partial charge in [-0.25, -0.2) is 13.7 Å². The van der Waals surface area contributed by atoms with Crippen molar-refractivity contribution in [1.29, 1.82) is 0 Å². The summed E-state index contributed by atoms with van der Waals surface area (Å²) in [5, 5.41) is 0.00198. The SMILES string of the molecule is Cc1ccc(F)cc1C(=O)N(C(=O)c1cc(F)ccc1C)c1ccc(C(=O)N2Cc3cccn3Cc3ccccc32)c(Cl)c1. The number of aryl methyl sites for hydroxylation is 2. The lowest BCUT2D eigenvalue weighted by Crippen LogP contribution is -2.38. The molecule has 1 aliphatic heterocycles. The third-order valence-corrected chi connectivity index (χ3v) is 8.13. The van der Waals surface area contributed by atoms with E-state index in [1.54, 1.807) is 18.7 Å². The standard InChI is InChI=1S/C35H26ClF2N3O3/c1-21-9-11-24(37)16-29(21)34(43)41(35(44)30-17-25(38)12-10-22(30)2)26-13-14-28(31(36)18-26)33(42)40-20-27-7-5-15-39(27)19-23-6-3-4-8-32(23)40/h3-18H,19-20H2,1-2H3. The van der Waals surface area contributed by atoms with E-state index in [0.29, 0.717) is 24.2 Å². The van der Waals surface area contributed by atoms with E-state index in [0.717, 1.165) is 34.0 Å². The maximum absolute atomic E-state index is 14.2. The van der Waals surface area contributed by atoms with Crippen molar-refractivity contribution in [2.24, 2.45) is 0 Å². The van der Waals surface area contributed by atoms with Gasteiger partial charge in [-0.3, -0.25) is 14.4 Å². The van der Waals surface area contributed by atoms with Crippen molar-refractivity contribution in [1.82, 2.24) is 4.57 Å². The molecule has 3 amide bonds. The molecular formula is C35H26ClF2N3O3. The molecule has 0 N–H and O–H groups in total. The monoisotopic (exact) mass is 609 g/mol. The highest BCUT2D eigenvalue weighted by Gasteiger charge is 2.31. The van der Waals surface area contributed by atoms with Gasteiger partial charge in [-0.05, 0) is 91.2 Å². The van der Waals surface area contributed by atoms with Crippen LogP contribution in [0.1, 0.15) is 53.5 Å². The molecule has 0 spiro atoms. The number of nitrogens with zero attached hydrogens (tertiary/aromatic N) is 3. The minimum atomic E-state index is -0.826. The van der Waals surface area contributed by atoms with Crippen LogP contribution < -0.4 is 9.80 Å². The number of halogens is 3. The van der Waals surface area contributed by atoms with Gasteiger partial charge in [-0.2, -0.15) is 0 Å². The lowest BCUT2D eigenvalue weighted by Gasteiger charge is -2.25. The average molecular weight is 610 g/mol. The third-order valence-electron chi connectivity index (χ3n) is 7.82. The Balaban J connectivity index is 1.42. The summed E-state index contributed by atoms with van der Waals surface area (Å²) in [5.74, 6) is -3.33. The molecular weight excluding hydrogens is 584 g/mol. The van der Waals surface area contributed by atoms with Crippen molar-refractivity contribution >= 4 is 40.7 Å². The number of fused-ring (bicyclic) bond motifs is 2. The van der Waals surface area contributed by atoms with Crippen molar-refractivity contribution in [3.8, 4) is 0 Å². The molecule has 9 heteroatoms. The number of benzene rings is 4. The van der Waals surface area contributed by atoms with Crippen molar-refractivity contribution in [2.45, 2.75) is 26.9 Å². The molecule has 0 saturated heterocycles. The van der Waals surface area contributed by atoms with Crippen molar-refractivity contribution in [2.75, 3.05) is 9.80 Å². The molecule has 0 atom stereocenters. The lowest BCUT2D eigenvalue weighted by molar-refractivity contribution is 0.0895. The predicted octanol–water partition coefficient (Wildman–Crippen LogP) is 7.73. The summed E-state index contributed by atoms with van der Waals surface area (Å²) < 4.78 is 30.5. The summed E-state index contributed by atoms with van der Waals surface area (Å²) in [6.45, 7) is 4.15. The van der Waals surface area contributed by atoms with Gasteiger partial charge < -0.3 is 9.47 Å². The second kappa shape index (κ2) is 11.5. The summed E-state index contributed by atoms with van der Waals surface area (Å²) in [4.78, 5) is 44.3. The minimum absolute atomic E-state index is 0.00198. The normalized spacial score (nSPS) is 12.2. The van der Waals surface area contributed by atoms with Crippen LogP contribution in [0.2, 0.25) is 5.02 Å². The fourth-order valence-electron chi connectivity index (χ4n) is 5.45. The Morgan fingerprint density at radius 3 is 2.00 bits per heavy atom. The van der Waals surface area contributed by atoms with Gasteiger partial charge in [0.1, 0.15) is 11.6 Å². The molecule has 0 unspecified atom stereocenters. The van der Waals surface area contributed by atoms with Crippen LogP contribution in [0.4, 0.5) is 20.2 Å². The van der Waals surface area contributed by atoms with Crippen LogP contribution in [0, 0.1) is 25.5 Å². The quantitative estimate of drug-likeness (QED) is 0.196. The zero-order valence-corrected chi connectivity index (χ0v) is 24.6. The summed E-state index contributed by atoms with van der Waals surface area (Å²) in [5.41, 5.74) is 3.63. The van der Waals surface area contributed by atoms with Crippen LogP contribution in [0.25, 0.3) is 0 Å². The number of hydrogen-bond acceptors (Lipinski definition) is 3. The zero-order valence-electron chi connectivity index (χ0n) is 23.9. The van der Waals surface area contributed by atoms with E-state index >= 15 is 0 Å². The van der Waals surface area contributed by atoms with E-state index < -0.39 is 23.4 Å². The average Bonchev–Trinajstić information content (AvgIpc) is 3.38. The lowest BCUT2D eigenvalue weighted by atomic mass is 10.0. The Morgan fingerprint density at radius 2 is 1.36 bits per heavy atom. The molecule has 6 nitrogen and oxygen atoms in total. The number of rotatable bonds is 4. The first-order valence-electron chi connectivity index (χ1n) is 13.9. The molecule has 1 aliphatic rings. The Hall–Kier alpha value is -5.08. The molecule has 1 aromatic heterocycles. The van der Waals surface area contributed by atoms with E-state index in [1.165, 1.54) is 42.5 Å². The molecule has 6 rings (SSSR count). The smallest absolute Gasteiger partial charge is 0.265 e. The number of anilines is 2. The van der Waals surface area contributed by atoms with Gasteiger partial charge in [0.15, 0.2) is 0 Å². The number of para-hydroxylation sites is 1. The molecule has 44 heavy (non-hydrogen) atoms. The molecule has 2 heterocycles. The minimum Gasteiger partial charge on any atom is -0.345 e. The first-order valence-corrected chi connectivity index (χ1v) is 14.2. The van der Waals surface area contributed by atoms with Crippen LogP contribution in [-0.2, 0) is 13.1 Å². The molecule has 0 radical (unpaired) electrons. The van der Waals surface area contributed by atoms with Crippen LogP contribution in [0.5, 0.6) is 0 Å². The van der Waals surface area contributed by atoms with Gasteiger partial charge in [0.05, 0.1) is 22.8 Å². The van der Waals surface area contributed by atoms with Crippen LogP contribution in [0.3, 0.4) is 0 Å². The predicted molar refractivity (Wildman–Crippen MR) is 165 cm³/mol. The second-order valence-corrected chi connectivity index (χ2v) is 11.1. The van der Waals surface area contributed by atoms with Gasteiger partial charge in [-0.15, -0.1) is 0 Å². The van der Waals surface area contributed by atoms with Crippen LogP contribution >= 0.6 is 11.6 Å². The Kier molecular flexibility index (Phi) is 7.61. The Labute approximate surface area is 257 Å². The highest BCUT2D eigenvalue weighted by atomic mass is 35.5. The molecule has 4 aromatic carbocycles. The molecule has 5 aromatic rings. The largest absolute Gasteiger partial charge is 0.345 e. The number of aromatic nitrogens is 1. The van der Waals surface area contributed by atoms with Crippen LogP contribution in [-0.4, -0.2) is 22.3 Å². The van der Waals surface area contributed by atoms with E-state index in [9.17, 15) is 23.2 Å². The first-order chi connectivity index (χ1) is 21.1. The number of carbonyl (C=O) groups excluding carboxylic acids is 3. The van der Waals surface area contributed by atoms with E-state index in [-0.39, 0.29) is 33.3 Å². The third kappa shape index (κ3) is 5.29. The Morgan fingerprint density at radius 1 is 0.727 bits per heavy atom. The van der Waals surface area contributed by atoms with E-state index in [1.807, 2.05) is 42.6 Å². The maximum Gasteiger partial charge on any atom is 0.265 e. The fourth-order valence-corrected chi connectivity index (χ4v) is 5.70. The number of hydrogen-bond donors (Lipinski definition) is 0. The summed E-state index contributed by atoms with van der Waals surface area (Å²) in [6, 6.07) is 23.1. The van der Waals surface area contributed by atoms with E-state index in [4.69, 9.17) is 11.6 Å². The van der Waals surface area contributed by atoms with Crippen LogP contribution in [0.15, 0.2) is 97.2 Å². The van der Waals surface area contributed by atoms with E-state index in [2.05, 4.69) is 4.57 Å². The van der Waals surface area contributed by atoms with Gasteiger partial charge in [0, 0.05) is 35.2 Å². The molecule has 220 valence electrons. The van der Waals surface area contributed by atoms with Gasteiger partial charge >= 0.3 is 0 Å². The highest BCUT2D eigenvalue weighted by Crippen LogP contribution is 2.33. The summed E-state index contributed by atoms with van der Waals surface area (Å²) in [6.07, 6.45) is 1.96. The van der Waals surface area contributed by atoms with Gasteiger partial charge in [-0.1, -0.05) is 41.9 Å². The fraction of sp³-hybridized carbons (Fsp3) is 0.114. The zero-order chi connectivity index (χ0) is 31.1. The second-order valence-electron chi connectivity index (χ2n) is 10.7. The topological polar surface area (TPSA) is 62.6 Å². The molecule has 0 fully saturated rings. The highest BCUT2D eigenvalue weighted by molar-refractivity contribution is 6.35. The molecule has 0 bridgehead atoms. The first kappa shape index (κ1) is 29.0. The summed E-state index contributed by atoms with van der Waals surface area (Å²) in [7, 11) is 0. The summed E-state index contributed by atoms with van der Waals surface area (Å²) >= 11 is 6.73. The van der Waals surface area contributed by atoms with Gasteiger partial charge in [0.25, 0.3) is 17.7 Å². The number of amides is 3. The van der Waals surface area contributed by atoms with Crippen molar-refractivity contribution in [3.63, 3.8) is 0 Å². The van der Waals surface area contributed by atoms with Gasteiger partial charge in [0.2, 0.25) is 0 Å². The number of imide groups is 1.